The van der Waals surface area contributed by atoms with Gasteiger partial charge in [-0.2, -0.15) is 0 Å². The van der Waals surface area contributed by atoms with Crippen molar-refractivity contribution in [3.05, 3.63) is 94.6 Å². The number of carbonyl (C=O) groups is 1. The van der Waals surface area contributed by atoms with Gasteiger partial charge in [0.1, 0.15) is 35.8 Å². The van der Waals surface area contributed by atoms with Gasteiger partial charge in [0.05, 0.1) is 13.0 Å². The molecule has 2 unspecified atom stereocenters. The predicted molar refractivity (Wildman–Crippen MR) is 148 cm³/mol. The molecule has 2 heterocycles. The summed E-state index contributed by atoms with van der Waals surface area (Å²) in [6, 6.07) is 16.5. The van der Waals surface area contributed by atoms with Gasteiger partial charge >= 0.3 is 5.97 Å². The molecule has 7 heteroatoms. The van der Waals surface area contributed by atoms with E-state index in [9.17, 15) is 4.79 Å². The Kier molecular flexibility index (Phi) is 6.51. The van der Waals surface area contributed by atoms with Gasteiger partial charge in [-0.25, -0.2) is 4.98 Å². The summed E-state index contributed by atoms with van der Waals surface area (Å²) in [4.78, 5) is 15.5. The van der Waals surface area contributed by atoms with Crippen molar-refractivity contribution < 1.29 is 24.1 Å². The van der Waals surface area contributed by atoms with Crippen LogP contribution in [0.2, 0.25) is 0 Å². The zero-order valence-corrected chi connectivity index (χ0v) is 22.4. The number of nitrogens with zero attached hydrogens (tertiary/aromatic N) is 2. The first-order valence-electron chi connectivity index (χ1n) is 13.3. The summed E-state index contributed by atoms with van der Waals surface area (Å²) in [6.45, 7) is 5.10. The largest absolute Gasteiger partial charge is 0.492 e. The number of carboxylic acid groups (broad SMARTS) is 1. The highest BCUT2D eigenvalue weighted by atomic mass is 16.5. The van der Waals surface area contributed by atoms with Crippen molar-refractivity contribution in [2.45, 2.75) is 51.7 Å². The fourth-order valence-corrected chi connectivity index (χ4v) is 5.96. The maximum Gasteiger partial charge on any atom is 0.304 e. The fourth-order valence-electron chi connectivity index (χ4n) is 5.96. The molecule has 0 amide bonds. The summed E-state index contributed by atoms with van der Waals surface area (Å²) >= 11 is 0. The summed E-state index contributed by atoms with van der Waals surface area (Å²) in [5, 5.41) is 9.17. The van der Waals surface area contributed by atoms with Crippen molar-refractivity contribution in [3.63, 3.8) is 0 Å². The second-order valence-corrected chi connectivity index (χ2v) is 10.5. The molecule has 7 nitrogen and oxygen atoms in total. The number of aromatic nitrogens is 2. The Morgan fingerprint density at radius 3 is 2.67 bits per heavy atom. The van der Waals surface area contributed by atoms with Crippen LogP contribution in [0.3, 0.4) is 0 Å². The second kappa shape index (κ2) is 10.1. The molecule has 0 saturated carbocycles. The number of rotatable bonds is 8. The number of carboxylic acids is 1. The van der Waals surface area contributed by atoms with Crippen molar-refractivity contribution >= 4 is 5.97 Å². The van der Waals surface area contributed by atoms with Gasteiger partial charge in [0, 0.05) is 37.0 Å². The molecular weight excluding hydrogens is 492 g/mol. The predicted octanol–water partition coefficient (Wildman–Crippen LogP) is 6.30. The molecule has 0 spiro atoms. The summed E-state index contributed by atoms with van der Waals surface area (Å²) in [5.41, 5.74) is 8.33. The van der Waals surface area contributed by atoms with Gasteiger partial charge in [0.25, 0.3) is 0 Å². The van der Waals surface area contributed by atoms with Gasteiger partial charge < -0.3 is 23.9 Å². The lowest BCUT2D eigenvalue weighted by molar-refractivity contribution is -0.137. The maximum absolute atomic E-state index is 11.2. The molecule has 1 aromatic heterocycles. The van der Waals surface area contributed by atoms with Crippen molar-refractivity contribution in [1.82, 2.24) is 9.55 Å². The average Bonchev–Trinajstić information content (AvgIpc) is 3.61. The lowest BCUT2D eigenvalue weighted by atomic mass is 9.90. The van der Waals surface area contributed by atoms with E-state index in [1.54, 1.807) is 6.20 Å². The van der Waals surface area contributed by atoms with Crippen molar-refractivity contribution in [1.29, 1.82) is 0 Å². The first kappa shape index (κ1) is 25.0. The Morgan fingerprint density at radius 1 is 1.10 bits per heavy atom. The van der Waals surface area contributed by atoms with Gasteiger partial charge in [-0.1, -0.05) is 24.3 Å². The third-order valence-corrected chi connectivity index (χ3v) is 7.84. The van der Waals surface area contributed by atoms with Crippen LogP contribution in [-0.2, 0) is 24.9 Å². The molecule has 0 radical (unpaired) electrons. The zero-order chi connectivity index (χ0) is 27.1. The number of hydrogen-bond donors (Lipinski definition) is 1. The highest BCUT2D eigenvalue weighted by molar-refractivity contribution is 5.76. The van der Waals surface area contributed by atoms with Crippen LogP contribution in [0.1, 0.15) is 58.5 Å². The third-order valence-electron chi connectivity index (χ3n) is 7.84. The summed E-state index contributed by atoms with van der Waals surface area (Å²) in [7, 11) is 1.97. The van der Waals surface area contributed by atoms with E-state index in [1.165, 1.54) is 33.4 Å². The van der Waals surface area contributed by atoms with Crippen LogP contribution >= 0.6 is 0 Å². The summed E-state index contributed by atoms with van der Waals surface area (Å²) in [6.07, 6.45) is 5.56. The van der Waals surface area contributed by atoms with Gasteiger partial charge in [0.15, 0.2) is 0 Å². The Hall–Kier alpha value is -4.26. The van der Waals surface area contributed by atoms with E-state index in [0.29, 0.717) is 13.2 Å². The molecule has 4 aromatic rings. The van der Waals surface area contributed by atoms with Gasteiger partial charge in [0.2, 0.25) is 0 Å². The smallest absolute Gasteiger partial charge is 0.304 e. The minimum Gasteiger partial charge on any atom is -0.492 e. The Morgan fingerprint density at radius 2 is 1.92 bits per heavy atom. The van der Waals surface area contributed by atoms with Crippen LogP contribution in [0.4, 0.5) is 0 Å². The maximum atomic E-state index is 11.2. The lowest BCUT2D eigenvalue weighted by Crippen LogP contribution is -2.07. The van der Waals surface area contributed by atoms with Crippen molar-refractivity contribution in [2.75, 3.05) is 6.61 Å². The highest BCUT2D eigenvalue weighted by Gasteiger charge is 2.30. The number of benzene rings is 3. The van der Waals surface area contributed by atoms with Gasteiger partial charge in [-0.05, 0) is 78.3 Å². The van der Waals surface area contributed by atoms with E-state index in [4.69, 9.17) is 19.3 Å². The second-order valence-electron chi connectivity index (χ2n) is 10.5. The number of aryl methyl sites for hydroxylation is 3. The van der Waals surface area contributed by atoms with E-state index in [2.05, 4.69) is 49.2 Å². The van der Waals surface area contributed by atoms with Crippen molar-refractivity contribution in [2.24, 2.45) is 7.05 Å². The topological polar surface area (TPSA) is 82.8 Å². The van der Waals surface area contributed by atoms with E-state index in [1.807, 2.05) is 36.0 Å². The molecule has 1 N–H and O–H groups in total. The minimum absolute atomic E-state index is 0.0461. The quantitative estimate of drug-likeness (QED) is 0.291. The Labute approximate surface area is 228 Å². The molecule has 1 aliphatic heterocycles. The van der Waals surface area contributed by atoms with Crippen molar-refractivity contribution in [3.8, 4) is 28.4 Å². The zero-order valence-electron chi connectivity index (χ0n) is 22.4. The van der Waals surface area contributed by atoms with E-state index in [-0.39, 0.29) is 18.4 Å². The van der Waals surface area contributed by atoms with E-state index in [0.717, 1.165) is 41.5 Å². The number of fused-ring (bicyclic) bond motifs is 2. The molecule has 0 bridgehead atoms. The Bertz CT molecular complexity index is 1530. The molecule has 3 aromatic carbocycles. The number of imidazole rings is 1. The van der Waals surface area contributed by atoms with Crippen LogP contribution in [0, 0.1) is 13.8 Å². The molecule has 39 heavy (non-hydrogen) atoms. The van der Waals surface area contributed by atoms with Crippen LogP contribution in [0.15, 0.2) is 60.9 Å². The standard InChI is InChI=1S/C32H32N2O5/c1-19-13-23(37-18-30-33-11-12-34(30)3)14-20(2)32(19)27-6-4-5-26-25(27)9-10-28(26)39-22-7-8-24-21(15-31(35)36)17-38-29(24)16-22/h4-8,11-14,16,21,28H,9-10,15,17-18H2,1-3H3,(H,35,36). The molecule has 0 saturated heterocycles. The molecule has 2 atom stereocenters. The van der Waals surface area contributed by atoms with E-state index >= 15 is 0 Å². The molecule has 0 fully saturated rings. The molecule has 2 aliphatic rings. The Balaban J connectivity index is 1.22. The third kappa shape index (κ3) is 4.85. The molecule has 200 valence electrons. The minimum atomic E-state index is -0.813. The molecular formula is C32H32N2O5. The highest BCUT2D eigenvalue weighted by Crippen LogP contribution is 2.44. The normalized spacial score (nSPS) is 17.4. The fraction of sp³-hybridized carbons (Fsp3) is 0.312. The van der Waals surface area contributed by atoms with Gasteiger partial charge in [-0.15, -0.1) is 0 Å². The van der Waals surface area contributed by atoms with Crippen LogP contribution in [0.5, 0.6) is 17.2 Å². The summed E-state index contributed by atoms with van der Waals surface area (Å²) in [5.74, 6) is 2.27. The van der Waals surface area contributed by atoms with Crippen LogP contribution < -0.4 is 14.2 Å². The van der Waals surface area contributed by atoms with E-state index < -0.39 is 5.97 Å². The number of aliphatic carboxylic acids is 1. The monoisotopic (exact) mass is 524 g/mol. The first-order valence-corrected chi connectivity index (χ1v) is 13.3. The summed E-state index contributed by atoms with van der Waals surface area (Å²) < 4.78 is 20.3. The lowest BCUT2D eigenvalue weighted by Gasteiger charge is -2.18. The molecule has 6 rings (SSSR count). The number of ether oxygens (including phenoxy) is 3. The SMILES string of the molecule is Cc1cc(OCc2nccn2C)cc(C)c1-c1cccc2c1CCC2Oc1ccc2c(c1)OCC2CC(=O)O. The average molecular weight is 525 g/mol. The number of hydrogen-bond acceptors (Lipinski definition) is 5. The van der Waals surface area contributed by atoms with Gasteiger partial charge in [-0.3, -0.25) is 4.79 Å². The van der Waals surface area contributed by atoms with Crippen LogP contribution in [0.25, 0.3) is 11.1 Å². The first-order chi connectivity index (χ1) is 18.9. The van der Waals surface area contributed by atoms with Crippen LogP contribution in [-0.4, -0.2) is 27.2 Å². The molecule has 1 aliphatic carbocycles.